The fraction of sp³-hybridized carbons (Fsp3) is 0.0526. The summed E-state index contributed by atoms with van der Waals surface area (Å²) in [6, 6.07) is 13.8. The number of hydrogen-bond donors (Lipinski definition) is 2. The molecule has 0 aliphatic carbocycles. The Morgan fingerprint density at radius 1 is 0.731 bits per heavy atom. The van der Waals surface area contributed by atoms with Gasteiger partial charge in [-0.2, -0.15) is 0 Å². The Bertz CT molecular complexity index is 972. The fourth-order valence-electron chi connectivity index (χ4n) is 3.13. The monoisotopic (exact) mass is 602 g/mol. The average molecular weight is 606 g/mol. The van der Waals surface area contributed by atoms with E-state index in [0.29, 0.717) is 29.4 Å². The molecule has 0 atom stereocenters. The first-order chi connectivity index (χ1) is 12.4. The van der Waals surface area contributed by atoms with Crippen LogP contribution in [0.25, 0.3) is 0 Å². The Kier molecular flexibility index (Phi) is 4.84. The Hall–Kier alpha value is -1.02. The van der Waals surface area contributed by atoms with Crippen molar-refractivity contribution in [3.8, 4) is 23.0 Å². The number of phenolic OH excluding ortho intramolecular Hbond substituents is 2. The maximum Gasteiger partial charge on any atom is 0.149 e. The molecule has 0 amide bonds. The summed E-state index contributed by atoms with van der Waals surface area (Å²) in [6.07, 6.45) is 0. The molecule has 0 unspecified atom stereocenters. The van der Waals surface area contributed by atoms with E-state index in [1.807, 2.05) is 42.5 Å². The van der Waals surface area contributed by atoms with E-state index >= 15 is 0 Å². The molecule has 1 aliphatic rings. The molecule has 0 bridgehead atoms. The highest BCUT2D eigenvalue weighted by Crippen LogP contribution is 2.57. The van der Waals surface area contributed by atoms with Crippen LogP contribution in [0, 0.1) is 0 Å². The van der Waals surface area contributed by atoms with E-state index < -0.39 is 0 Å². The minimum absolute atomic E-state index is 0.0662. The molecular formula is C19H10Br4O3. The number of fused-ring (bicyclic) bond motifs is 2. The number of phenols is 2. The number of benzene rings is 3. The molecule has 3 nitrogen and oxygen atoms in total. The van der Waals surface area contributed by atoms with Gasteiger partial charge in [0.2, 0.25) is 0 Å². The number of aromatic hydroxyl groups is 2. The average Bonchev–Trinajstić information content (AvgIpc) is 2.64. The molecule has 0 saturated heterocycles. The van der Waals surface area contributed by atoms with Crippen molar-refractivity contribution in [3.05, 3.63) is 77.0 Å². The molecule has 1 aliphatic heterocycles. The van der Waals surface area contributed by atoms with E-state index in [9.17, 15) is 10.2 Å². The summed E-state index contributed by atoms with van der Waals surface area (Å²) in [5, 5.41) is 20.6. The lowest BCUT2D eigenvalue weighted by atomic mass is 9.82. The van der Waals surface area contributed by atoms with Gasteiger partial charge in [0.1, 0.15) is 31.9 Å². The van der Waals surface area contributed by atoms with E-state index in [-0.39, 0.29) is 17.4 Å². The quantitative estimate of drug-likeness (QED) is 0.237. The second-order valence-corrected chi connectivity index (χ2v) is 9.12. The van der Waals surface area contributed by atoms with Crippen molar-refractivity contribution in [2.24, 2.45) is 0 Å². The SMILES string of the molecule is Oc1c(Br)cc2c(c1Br)Oc1c(cc(Br)c(O)c1Br)C2c1ccccc1. The van der Waals surface area contributed by atoms with Gasteiger partial charge in [0.15, 0.2) is 0 Å². The predicted molar refractivity (Wildman–Crippen MR) is 114 cm³/mol. The standard InChI is InChI=1S/C19H10Br4O3/c20-11-6-9-13(8-4-2-1-3-5-8)10-7-12(21)17(25)15(23)19(10)26-18(9)14(22)16(11)24/h1-7,13,24-25H. The summed E-state index contributed by atoms with van der Waals surface area (Å²) >= 11 is 13.7. The Balaban J connectivity index is 2.08. The zero-order valence-electron chi connectivity index (χ0n) is 12.9. The van der Waals surface area contributed by atoms with Crippen LogP contribution in [0.5, 0.6) is 23.0 Å². The van der Waals surface area contributed by atoms with Crippen LogP contribution in [-0.4, -0.2) is 10.2 Å². The number of ether oxygens (including phenoxy) is 1. The first kappa shape index (κ1) is 18.3. The smallest absolute Gasteiger partial charge is 0.149 e. The summed E-state index contributed by atoms with van der Waals surface area (Å²) in [5.41, 5.74) is 2.89. The zero-order chi connectivity index (χ0) is 18.6. The molecule has 7 heteroatoms. The molecule has 4 rings (SSSR count). The van der Waals surface area contributed by atoms with Crippen LogP contribution in [0.2, 0.25) is 0 Å². The molecule has 132 valence electrons. The van der Waals surface area contributed by atoms with Crippen LogP contribution in [0.3, 0.4) is 0 Å². The van der Waals surface area contributed by atoms with Gasteiger partial charge in [-0.15, -0.1) is 0 Å². The number of rotatable bonds is 1. The zero-order valence-corrected chi connectivity index (χ0v) is 19.3. The topological polar surface area (TPSA) is 49.7 Å². The van der Waals surface area contributed by atoms with Gasteiger partial charge in [0.25, 0.3) is 0 Å². The van der Waals surface area contributed by atoms with Gasteiger partial charge in [-0.25, -0.2) is 0 Å². The van der Waals surface area contributed by atoms with Gasteiger partial charge in [-0.1, -0.05) is 30.3 Å². The maximum absolute atomic E-state index is 10.3. The first-order valence-electron chi connectivity index (χ1n) is 7.54. The van der Waals surface area contributed by atoms with E-state index in [0.717, 1.165) is 16.7 Å². The molecule has 0 spiro atoms. The van der Waals surface area contributed by atoms with Gasteiger partial charge in [-0.3, -0.25) is 0 Å². The molecule has 0 aromatic heterocycles. The fourth-order valence-corrected chi connectivity index (χ4v) is 5.60. The molecular weight excluding hydrogens is 596 g/mol. The van der Waals surface area contributed by atoms with Crippen LogP contribution in [-0.2, 0) is 0 Å². The molecule has 2 N–H and O–H groups in total. The lowest BCUT2D eigenvalue weighted by Gasteiger charge is -2.31. The minimum Gasteiger partial charge on any atom is -0.505 e. The second-order valence-electron chi connectivity index (χ2n) is 5.82. The molecule has 1 heterocycles. The largest absolute Gasteiger partial charge is 0.505 e. The molecule has 0 fully saturated rings. The van der Waals surface area contributed by atoms with Crippen molar-refractivity contribution in [3.63, 3.8) is 0 Å². The van der Waals surface area contributed by atoms with E-state index in [1.165, 1.54) is 0 Å². The van der Waals surface area contributed by atoms with Crippen molar-refractivity contribution in [1.82, 2.24) is 0 Å². The lowest BCUT2D eigenvalue weighted by Crippen LogP contribution is -2.13. The second kappa shape index (κ2) is 6.86. The lowest BCUT2D eigenvalue weighted by molar-refractivity contribution is 0.418. The normalized spacial score (nSPS) is 13.1. The maximum atomic E-state index is 10.3. The van der Waals surface area contributed by atoms with Crippen molar-refractivity contribution >= 4 is 63.7 Å². The molecule has 3 aromatic rings. The Morgan fingerprint density at radius 3 is 1.65 bits per heavy atom. The van der Waals surface area contributed by atoms with Gasteiger partial charge in [-0.05, 0) is 81.4 Å². The molecule has 3 aromatic carbocycles. The van der Waals surface area contributed by atoms with Crippen molar-refractivity contribution in [1.29, 1.82) is 0 Å². The summed E-state index contributed by atoms with van der Waals surface area (Å²) in [5.74, 6) is 1.05. The summed E-state index contributed by atoms with van der Waals surface area (Å²) in [6.45, 7) is 0. The highest BCUT2D eigenvalue weighted by Gasteiger charge is 2.34. The van der Waals surface area contributed by atoms with E-state index in [4.69, 9.17) is 4.74 Å². The number of halogens is 4. The van der Waals surface area contributed by atoms with Crippen LogP contribution in [0.1, 0.15) is 22.6 Å². The van der Waals surface area contributed by atoms with Crippen LogP contribution in [0.4, 0.5) is 0 Å². The Labute approximate surface area is 183 Å². The Morgan fingerprint density at radius 2 is 1.19 bits per heavy atom. The van der Waals surface area contributed by atoms with Crippen LogP contribution >= 0.6 is 63.7 Å². The highest BCUT2D eigenvalue weighted by atomic mass is 79.9. The van der Waals surface area contributed by atoms with Crippen LogP contribution in [0.15, 0.2) is 60.4 Å². The number of hydrogen-bond acceptors (Lipinski definition) is 3. The molecule has 0 saturated carbocycles. The van der Waals surface area contributed by atoms with Gasteiger partial charge >= 0.3 is 0 Å². The van der Waals surface area contributed by atoms with Crippen molar-refractivity contribution in [2.75, 3.05) is 0 Å². The minimum atomic E-state index is -0.128. The third kappa shape index (κ3) is 2.80. The van der Waals surface area contributed by atoms with Crippen LogP contribution < -0.4 is 4.74 Å². The molecule has 26 heavy (non-hydrogen) atoms. The van der Waals surface area contributed by atoms with Crippen molar-refractivity contribution in [2.45, 2.75) is 5.92 Å². The predicted octanol–water partition coefficient (Wildman–Crippen LogP) is 7.43. The van der Waals surface area contributed by atoms with E-state index in [2.05, 4.69) is 63.7 Å². The third-order valence-corrected chi connectivity index (χ3v) is 7.00. The summed E-state index contributed by atoms with van der Waals surface area (Å²) < 4.78 is 8.18. The summed E-state index contributed by atoms with van der Waals surface area (Å²) in [7, 11) is 0. The third-order valence-electron chi connectivity index (χ3n) is 4.31. The van der Waals surface area contributed by atoms with Gasteiger partial charge < -0.3 is 14.9 Å². The van der Waals surface area contributed by atoms with E-state index in [1.54, 1.807) is 0 Å². The summed E-state index contributed by atoms with van der Waals surface area (Å²) in [4.78, 5) is 0. The first-order valence-corrected chi connectivity index (χ1v) is 10.7. The van der Waals surface area contributed by atoms with Gasteiger partial charge in [0, 0.05) is 17.0 Å². The van der Waals surface area contributed by atoms with Crippen molar-refractivity contribution < 1.29 is 14.9 Å². The highest BCUT2D eigenvalue weighted by molar-refractivity contribution is 9.11. The van der Waals surface area contributed by atoms with Gasteiger partial charge in [0.05, 0.1) is 8.95 Å². The molecule has 0 radical (unpaired) electrons.